The zero-order valence-electron chi connectivity index (χ0n) is 11.5. The molecule has 1 aliphatic heterocycles. The Morgan fingerprint density at radius 2 is 2.00 bits per heavy atom. The van der Waals surface area contributed by atoms with E-state index < -0.39 is 0 Å². The molecule has 0 bridgehead atoms. The molecule has 2 N–H and O–H groups in total. The zero-order valence-corrected chi connectivity index (χ0v) is 11.5. The maximum absolute atomic E-state index is 12.2. The Kier molecular flexibility index (Phi) is 6.07. The van der Waals surface area contributed by atoms with Crippen LogP contribution in [0.25, 0.3) is 0 Å². The van der Waals surface area contributed by atoms with Gasteiger partial charge in [0.2, 0.25) is 11.8 Å². The summed E-state index contributed by atoms with van der Waals surface area (Å²) in [6.07, 6.45) is 0.423. The monoisotopic (exact) mass is 256 g/mol. The van der Waals surface area contributed by atoms with Crippen molar-refractivity contribution in [3.05, 3.63) is 0 Å². The van der Waals surface area contributed by atoms with Gasteiger partial charge in [-0.05, 0) is 14.0 Å². The summed E-state index contributed by atoms with van der Waals surface area (Å²) in [4.78, 5) is 27.2. The van der Waals surface area contributed by atoms with Crippen molar-refractivity contribution in [3.63, 3.8) is 0 Å². The first-order valence-corrected chi connectivity index (χ1v) is 6.46. The van der Waals surface area contributed by atoms with Crippen LogP contribution in [-0.4, -0.2) is 74.5 Å². The van der Waals surface area contributed by atoms with Crippen molar-refractivity contribution in [1.29, 1.82) is 0 Å². The first-order chi connectivity index (χ1) is 8.56. The number of piperazine rings is 1. The van der Waals surface area contributed by atoms with Crippen molar-refractivity contribution in [2.75, 3.05) is 46.8 Å². The quantitative estimate of drug-likeness (QED) is 0.654. The highest BCUT2D eigenvalue weighted by Gasteiger charge is 2.24. The van der Waals surface area contributed by atoms with Crippen LogP contribution in [0.15, 0.2) is 0 Å². The molecule has 0 aromatic rings. The van der Waals surface area contributed by atoms with Gasteiger partial charge in [0.1, 0.15) is 0 Å². The van der Waals surface area contributed by atoms with Crippen LogP contribution < -0.4 is 10.6 Å². The molecule has 0 aliphatic carbocycles. The predicted molar refractivity (Wildman–Crippen MR) is 70.2 cm³/mol. The van der Waals surface area contributed by atoms with Gasteiger partial charge in [-0.1, -0.05) is 0 Å². The van der Waals surface area contributed by atoms with E-state index in [1.165, 1.54) is 0 Å². The summed E-state index contributed by atoms with van der Waals surface area (Å²) < 4.78 is 0. The number of rotatable bonds is 5. The topological polar surface area (TPSA) is 64.7 Å². The summed E-state index contributed by atoms with van der Waals surface area (Å²) in [5.74, 6) is 0.152. The van der Waals surface area contributed by atoms with Crippen molar-refractivity contribution >= 4 is 11.8 Å². The minimum atomic E-state index is -0.173. The van der Waals surface area contributed by atoms with Gasteiger partial charge in [-0.15, -0.1) is 0 Å². The van der Waals surface area contributed by atoms with Crippen LogP contribution in [0.1, 0.15) is 13.3 Å². The van der Waals surface area contributed by atoms with Crippen LogP contribution in [0, 0.1) is 0 Å². The van der Waals surface area contributed by atoms with Gasteiger partial charge in [-0.3, -0.25) is 14.5 Å². The molecule has 1 heterocycles. The van der Waals surface area contributed by atoms with E-state index in [1.54, 1.807) is 7.05 Å². The zero-order chi connectivity index (χ0) is 13.5. The van der Waals surface area contributed by atoms with Crippen LogP contribution in [0.5, 0.6) is 0 Å². The molecule has 1 atom stereocenters. The van der Waals surface area contributed by atoms with Crippen molar-refractivity contribution in [3.8, 4) is 0 Å². The molecule has 2 amide bonds. The number of hydrogen-bond donors (Lipinski definition) is 2. The summed E-state index contributed by atoms with van der Waals surface area (Å²) in [5.41, 5.74) is 0. The van der Waals surface area contributed by atoms with E-state index in [9.17, 15) is 9.59 Å². The molecule has 1 rings (SSSR count). The maximum atomic E-state index is 12.2. The fourth-order valence-electron chi connectivity index (χ4n) is 1.93. The van der Waals surface area contributed by atoms with Crippen LogP contribution in [0.4, 0.5) is 0 Å². The van der Waals surface area contributed by atoms with Crippen molar-refractivity contribution < 1.29 is 9.59 Å². The average Bonchev–Trinajstić information content (AvgIpc) is 2.43. The lowest BCUT2D eigenvalue weighted by atomic mass is 10.2. The second-order valence-corrected chi connectivity index (χ2v) is 4.66. The van der Waals surface area contributed by atoms with Crippen molar-refractivity contribution in [2.24, 2.45) is 0 Å². The fraction of sp³-hybridized carbons (Fsp3) is 0.833. The summed E-state index contributed by atoms with van der Waals surface area (Å²) in [5, 5.41) is 5.81. The van der Waals surface area contributed by atoms with E-state index in [0.717, 1.165) is 26.2 Å². The number of carbonyl (C=O) groups excluding carboxylic acids is 2. The molecule has 1 aliphatic rings. The van der Waals surface area contributed by atoms with E-state index in [4.69, 9.17) is 0 Å². The summed E-state index contributed by atoms with van der Waals surface area (Å²) >= 11 is 0. The number of amides is 2. The molecule has 1 saturated heterocycles. The number of nitrogens with zero attached hydrogens (tertiary/aromatic N) is 2. The van der Waals surface area contributed by atoms with E-state index in [0.29, 0.717) is 13.0 Å². The first kappa shape index (κ1) is 14.9. The minimum Gasteiger partial charge on any atom is -0.359 e. The Bertz CT molecular complexity index is 290. The second-order valence-electron chi connectivity index (χ2n) is 4.66. The molecule has 6 heteroatoms. The van der Waals surface area contributed by atoms with E-state index >= 15 is 0 Å². The average molecular weight is 256 g/mol. The third-order valence-electron chi connectivity index (χ3n) is 3.42. The highest BCUT2D eigenvalue weighted by molar-refractivity contribution is 5.81. The fourth-order valence-corrected chi connectivity index (χ4v) is 1.93. The van der Waals surface area contributed by atoms with Crippen LogP contribution in [-0.2, 0) is 9.59 Å². The van der Waals surface area contributed by atoms with Gasteiger partial charge < -0.3 is 15.5 Å². The molecule has 1 fully saturated rings. The third kappa shape index (κ3) is 4.27. The van der Waals surface area contributed by atoms with Gasteiger partial charge in [0.25, 0.3) is 0 Å². The molecule has 104 valence electrons. The highest BCUT2D eigenvalue weighted by Crippen LogP contribution is 2.04. The minimum absolute atomic E-state index is 0.00340. The van der Waals surface area contributed by atoms with Crippen LogP contribution in [0.2, 0.25) is 0 Å². The van der Waals surface area contributed by atoms with E-state index in [2.05, 4.69) is 10.6 Å². The largest absolute Gasteiger partial charge is 0.359 e. The van der Waals surface area contributed by atoms with Crippen LogP contribution >= 0.6 is 0 Å². The number of carbonyl (C=O) groups is 2. The lowest BCUT2D eigenvalue weighted by Gasteiger charge is -2.33. The van der Waals surface area contributed by atoms with Gasteiger partial charge in [-0.25, -0.2) is 0 Å². The van der Waals surface area contributed by atoms with Crippen molar-refractivity contribution in [2.45, 2.75) is 19.4 Å². The molecule has 0 spiro atoms. The lowest BCUT2D eigenvalue weighted by molar-refractivity contribution is -0.137. The molecule has 0 radical (unpaired) electrons. The predicted octanol–water partition coefficient (Wildman–Crippen LogP) is -1.13. The lowest BCUT2D eigenvalue weighted by Crippen LogP contribution is -2.52. The molecular weight excluding hydrogens is 232 g/mol. The van der Waals surface area contributed by atoms with Gasteiger partial charge in [-0.2, -0.15) is 0 Å². The van der Waals surface area contributed by atoms with E-state index in [1.807, 2.05) is 23.8 Å². The molecular formula is C12H24N4O2. The molecule has 0 aromatic heterocycles. The highest BCUT2D eigenvalue weighted by atomic mass is 16.2. The standard InChI is InChI=1S/C12H24N4O2/c1-10(15(3)7-4-11(17)13-2)12(18)16-8-5-14-6-9-16/h10,14H,4-9H2,1-3H3,(H,13,17). The SMILES string of the molecule is CNC(=O)CCN(C)C(C)C(=O)N1CCNCC1. The molecule has 1 unspecified atom stereocenters. The van der Waals surface area contributed by atoms with Gasteiger partial charge in [0, 0.05) is 46.2 Å². The van der Waals surface area contributed by atoms with Crippen LogP contribution in [0.3, 0.4) is 0 Å². The third-order valence-corrected chi connectivity index (χ3v) is 3.42. The smallest absolute Gasteiger partial charge is 0.239 e. The Morgan fingerprint density at radius 3 is 2.56 bits per heavy atom. The second kappa shape index (κ2) is 7.33. The van der Waals surface area contributed by atoms with Gasteiger partial charge >= 0.3 is 0 Å². The molecule has 6 nitrogen and oxygen atoms in total. The Balaban J connectivity index is 2.39. The maximum Gasteiger partial charge on any atom is 0.239 e. The van der Waals surface area contributed by atoms with Gasteiger partial charge in [0.05, 0.1) is 6.04 Å². The molecule has 0 saturated carbocycles. The van der Waals surface area contributed by atoms with E-state index in [-0.39, 0.29) is 17.9 Å². The Morgan fingerprint density at radius 1 is 1.39 bits per heavy atom. The number of hydrogen-bond acceptors (Lipinski definition) is 4. The van der Waals surface area contributed by atoms with Gasteiger partial charge in [0.15, 0.2) is 0 Å². The summed E-state index contributed by atoms with van der Waals surface area (Å²) in [6.45, 7) is 5.76. The molecule has 0 aromatic carbocycles. The molecule has 18 heavy (non-hydrogen) atoms. The first-order valence-electron chi connectivity index (χ1n) is 6.46. The Hall–Kier alpha value is -1.14. The number of likely N-dealkylation sites (N-methyl/N-ethyl adjacent to an activating group) is 1. The summed E-state index contributed by atoms with van der Waals surface area (Å²) in [6, 6.07) is -0.173. The summed E-state index contributed by atoms with van der Waals surface area (Å²) in [7, 11) is 3.51. The Labute approximate surface area is 109 Å². The normalized spacial score (nSPS) is 17.7. The van der Waals surface area contributed by atoms with Crippen molar-refractivity contribution in [1.82, 2.24) is 20.4 Å². The number of nitrogens with one attached hydrogen (secondary N) is 2.